The monoisotopic (exact) mass is 473 g/mol. The third-order valence-corrected chi connectivity index (χ3v) is 5.15. The van der Waals surface area contributed by atoms with E-state index in [1.165, 1.54) is 50.2 Å². The average Bonchev–Trinajstić information content (AvgIpc) is 2.82. The van der Waals surface area contributed by atoms with Crippen molar-refractivity contribution in [3.63, 3.8) is 0 Å². The molecule has 2 aromatic carbocycles. The molecule has 0 aromatic heterocycles. The Labute approximate surface area is 205 Å². The van der Waals surface area contributed by atoms with Gasteiger partial charge in [-0.25, -0.2) is 0 Å². The molecule has 0 unspecified atom stereocenters. The zero-order valence-electron chi connectivity index (χ0n) is 21.6. The third-order valence-electron chi connectivity index (χ3n) is 5.15. The fourth-order valence-corrected chi connectivity index (χ4v) is 3.13. The lowest BCUT2D eigenvalue weighted by atomic mass is 10.0. The van der Waals surface area contributed by atoms with E-state index in [1.54, 1.807) is 0 Å². The molecule has 0 spiro atoms. The quantitative estimate of drug-likeness (QED) is 0.441. The molecular formula is C30H42F3N. The van der Waals surface area contributed by atoms with Crippen molar-refractivity contribution in [3.8, 4) is 0 Å². The number of nitrogens with two attached hydrogens (primary N) is 1. The van der Waals surface area contributed by atoms with Gasteiger partial charge in [0.15, 0.2) is 0 Å². The van der Waals surface area contributed by atoms with Crippen molar-refractivity contribution >= 4 is 11.8 Å². The van der Waals surface area contributed by atoms with Crippen LogP contribution in [0.3, 0.4) is 0 Å². The van der Waals surface area contributed by atoms with Crippen LogP contribution in [-0.4, -0.2) is 6.18 Å². The van der Waals surface area contributed by atoms with Gasteiger partial charge in [-0.1, -0.05) is 125 Å². The van der Waals surface area contributed by atoms with Crippen LogP contribution < -0.4 is 5.73 Å². The molecule has 0 heterocycles. The fraction of sp³-hybridized carbons (Fsp3) is 0.400. The third kappa shape index (κ3) is 13.7. The van der Waals surface area contributed by atoms with Crippen LogP contribution in [0.4, 0.5) is 13.2 Å². The highest BCUT2D eigenvalue weighted by molar-refractivity contribution is 5.60. The number of alkyl halides is 3. The molecule has 4 heteroatoms. The smallest absolute Gasteiger partial charge is 0.399 e. The highest BCUT2D eigenvalue weighted by Crippen LogP contribution is 2.26. The topological polar surface area (TPSA) is 26.0 Å². The van der Waals surface area contributed by atoms with E-state index in [1.807, 2.05) is 77.1 Å². The molecule has 0 aliphatic heterocycles. The van der Waals surface area contributed by atoms with Crippen LogP contribution in [-0.2, 0) is 0 Å². The van der Waals surface area contributed by atoms with Crippen LogP contribution >= 0.6 is 0 Å². The van der Waals surface area contributed by atoms with E-state index in [2.05, 4.69) is 13.2 Å². The van der Waals surface area contributed by atoms with Crippen molar-refractivity contribution in [1.29, 1.82) is 0 Å². The summed E-state index contributed by atoms with van der Waals surface area (Å²) < 4.78 is 36.5. The van der Waals surface area contributed by atoms with Gasteiger partial charge in [0, 0.05) is 11.3 Å². The molecule has 2 N–H and O–H groups in total. The second-order valence-corrected chi connectivity index (χ2v) is 8.23. The van der Waals surface area contributed by atoms with E-state index in [-0.39, 0.29) is 0 Å². The molecule has 1 fully saturated rings. The van der Waals surface area contributed by atoms with Gasteiger partial charge in [-0.05, 0) is 43.5 Å². The van der Waals surface area contributed by atoms with Gasteiger partial charge < -0.3 is 5.73 Å². The van der Waals surface area contributed by atoms with Gasteiger partial charge in [0.1, 0.15) is 0 Å². The molecule has 188 valence electrons. The van der Waals surface area contributed by atoms with E-state index in [4.69, 9.17) is 5.73 Å². The summed E-state index contributed by atoms with van der Waals surface area (Å²) >= 11 is 0. The molecule has 0 radical (unpaired) electrons. The van der Waals surface area contributed by atoms with Crippen molar-refractivity contribution in [2.45, 2.75) is 79.3 Å². The van der Waals surface area contributed by atoms with Crippen LogP contribution in [0.2, 0.25) is 0 Å². The van der Waals surface area contributed by atoms with Crippen LogP contribution in [0, 0.1) is 20.8 Å². The Kier molecular flexibility index (Phi) is 15.4. The summed E-state index contributed by atoms with van der Waals surface area (Å²) in [5.74, 6) is 0. The molecular weight excluding hydrogens is 431 g/mol. The largest absolute Gasteiger partial charge is 0.415 e. The summed E-state index contributed by atoms with van der Waals surface area (Å²) in [4.78, 5) is 0. The molecule has 34 heavy (non-hydrogen) atoms. The van der Waals surface area contributed by atoms with Gasteiger partial charge in [-0.2, -0.15) is 13.2 Å². The zero-order chi connectivity index (χ0) is 26.1. The molecule has 2 aromatic rings. The number of allylic oxidation sites excluding steroid dienone is 2. The molecule has 1 aliphatic carbocycles. The maximum absolute atomic E-state index is 12.2. The van der Waals surface area contributed by atoms with Crippen molar-refractivity contribution in [2.24, 2.45) is 5.73 Å². The Morgan fingerprint density at radius 3 is 1.74 bits per heavy atom. The van der Waals surface area contributed by atoms with E-state index >= 15 is 0 Å². The van der Waals surface area contributed by atoms with E-state index in [9.17, 15) is 13.2 Å². The van der Waals surface area contributed by atoms with E-state index in [0.717, 1.165) is 28.3 Å². The van der Waals surface area contributed by atoms with Gasteiger partial charge in [-0.3, -0.25) is 0 Å². The predicted molar refractivity (Wildman–Crippen MR) is 144 cm³/mol. The first-order valence-electron chi connectivity index (χ1n) is 12.0. The summed E-state index contributed by atoms with van der Waals surface area (Å²) in [5, 5.41) is 0. The second-order valence-electron chi connectivity index (χ2n) is 8.23. The average molecular weight is 474 g/mol. The minimum absolute atomic E-state index is 0.628. The standard InChI is InChI=1S/C13H13F3.C9H11N.C6H12.C2H6/c1-9-4-5-10(2)12(8-9)7-6-11(3)13(14,15)16;1-7-4-3-5-9(6-7)8(2)10;1-2-4-6-5-3-1;1-2/h4-8H,3H2,1-2H3;3-6H,2,10H2,1H3;1-6H2;1-2H3/b7-6-;;;. The minimum atomic E-state index is -4.35. The molecule has 1 saturated carbocycles. The fourth-order valence-electron chi connectivity index (χ4n) is 3.13. The molecule has 0 atom stereocenters. The van der Waals surface area contributed by atoms with Gasteiger partial charge >= 0.3 is 6.18 Å². The lowest BCUT2D eigenvalue weighted by Gasteiger charge is -2.06. The normalized spacial score (nSPS) is 12.8. The Bertz CT molecular complexity index is 892. The van der Waals surface area contributed by atoms with Gasteiger partial charge in [0.2, 0.25) is 0 Å². The first kappa shape index (κ1) is 31.2. The molecule has 3 rings (SSSR count). The molecule has 1 nitrogen and oxygen atoms in total. The Balaban J connectivity index is 0.000000512. The summed E-state index contributed by atoms with van der Waals surface area (Å²) in [5.41, 5.74) is 10.2. The maximum Gasteiger partial charge on any atom is 0.415 e. The maximum atomic E-state index is 12.2. The lowest BCUT2D eigenvalue weighted by molar-refractivity contribution is -0.0877. The predicted octanol–water partition coefficient (Wildman–Crippen LogP) is 9.73. The summed E-state index contributed by atoms with van der Waals surface area (Å²) in [7, 11) is 0. The zero-order valence-corrected chi connectivity index (χ0v) is 21.6. The minimum Gasteiger partial charge on any atom is -0.399 e. The number of rotatable bonds is 3. The van der Waals surface area contributed by atoms with E-state index < -0.39 is 11.7 Å². The number of hydrogen-bond donors (Lipinski definition) is 1. The van der Waals surface area contributed by atoms with Crippen LogP contribution in [0.25, 0.3) is 11.8 Å². The first-order chi connectivity index (χ1) is 16.0. The van der Waals surface area contributed by atoms with Gasteiger partial charge in [0.25, 0.3) is 0 Å². The summed E-state index contributed by atoms with van der Waals surface area (Å²) in [6.45, 7) is 16.4. The Morgan fingerprint density at radius 2 is 1.32 bits per heavy atom. The van der Waals surface area contributed by atoms with Crippen molar-refractivity contribution in [1.82, 2.24) is 0 Å². The van der Waals surface area contributed by atoms with Crippen LogP contribution in [0.15, 0.2) is 67.3 Å². The van der Waals surface area contributed by atoms with Crippen molar-refractivity contribution in [3.05, 3.63) is 95.1 Å². The van der Waals surface area contributed by atoms with Crippen molar-refractivity contribution < 1.29 is 13.2 Å². The summed E-state index contributed by atoms with van der Waals surface area (Å²) in [6, 6.07) is 13.6. The first-order valence-corrected chi connectivity index (χ1v) is 12.0. The van der Waals surface area contributed by atoms with Crippen LogP contribution in [0.1, 0.15) is 80.2 Å². The van der Waals surface area contributed by atoms with Crippen LogP contribution in [0.5, 0.6) is 0 Å². The van der Waals surface area contributed by atoms with Gasteiger partial charge in [0.05, 0.1) is 0 Å². The molecule has 0 bridgehead atoms. The number of halogens is 3. The SMILES string of the molecule is C1CCCCC1.C=C(/C=C\c1cc(C)ccc1C)C(F)(F)F.C=C(N)c1cccc(C)c1.CC. The molecule has 1 aliphatic rings. The Morgan fingerprint density at radius 1 is 0.824 bits per heavy atom. The highest BCUT2D eigenvalue weighted by Gasteiger charge is 2.29. The number of aryl methyl sites for hydroxylation is 3. The van der Waals surface area contributed by atoms with Crippen molar-refractivity contribution in [2.75, 3.05) is 0 Å². The van der Waals surface area contributed by atoms with Gasteiger partial charge in [-0.15, -0.1) is 0 Å². The number of hydrogen-bond acceptors (Lipinski definition) is 1. The molecule has 0 amide bonds. The number of benzene rings is 2. The highest BCUT2D eigenvalue weighted by atomic mass is 19.4. The lowest BCUT2D eigenvalue weighted by Crippen LogP contribution is -2.08. The Hall–Kier alpha value is -2.75. The molecule has 0 saturated heterocycles. The summed E-state index contributed by atoms with van der Waals surface area (Å²) in [6.07, 6.45) is 7.09. The second kappa shape index (κ2) is 16.8. The van der Waals surface area contributed by atoms with E-state index in [0.29, 0.717) is 5.70 Å².